The van der Waals surface area contributed by atoms with E-state index in [1.165, 1.54) is 18.4 Å². The Morgan fingerprint density at radius 1 is 1.35 bits per heavy atom. The molecule has 0 aliphatic carbocycles. The summed E-state index contributed by atoms with van der Waals surface area (Å²) in [5.74, 6) is 1.48. The number of benzene rings is 1. The first-order valence-electron chi connectivity index (χ1n) is 6.27. The fraction of sp³-hybridized carbons (Fsp3) is 0.571. The zero-order valence-corrected chi connectivity index (χ0v) is 12.7. The molecule has 0 spiro atoms. The van der Waals surface area contributed by atoms with Crippen molar-refractivity contribution in [2.24, 2.45) is 5.92 Å². The van der Waals surface area contributed by atoms with Crippen molar-refractivity contribution >= 4 is 27.5 Å². The Hall–Kier alpha value is -0.0500. The van der Waals surface area contributed by atoms with Crippen LogP contribution < -0.4 is 5.32 Å². The lowest BCUT2D eigenvalue weighted by atomic mass is 10.0. The Bertz CT molecular complexity index is 311. The van der Waals surface area contributed by atoms with Crippen molar-refractivity contribution in [1.82, 2.24) is 5.32 Å². The Kier molecular flexibility index (Phi) is 7.91. The molecule has 1 aromatic carbocycles. The summed E-state index contributed by atoms with van der Waals surface area (Å²) in [4.78, 5) is 0. The molecule has 0 bridgehead atoms. The van der Waals surface area contributed by atoms with Gasteiger partial charge in [-0.25, -0.2) is 0 Å². The monoisotopic (exact) mass is 317 g/mol. The highest BCUT2D eigenvalue weighted by Gasteiger charge is 2.06. The van der Waals surface area contributed by atoms with Crippen LogP contribution in [0.3, 0.4) is 0 Å². The predicted octanol–water partition coefficient (Wildman–Crippen LogP) is 4.58. The highest BCUT2D eigenvalue weighted by molar-refractivity contribution is 9.10. The van der Waals surface area contributed by atoms with E-state index in [0.717, 1.165) is 29.9 Å². The molecule has 1 rings (SSSR count). The SMILES string of the molecule is CCCC(CCCl)CNCc1cccc(Br)c1. The van der Waals surface area contributed by atoms with Gasteiger partial charge in [-0.05, 0) is 43.0 Å². The van der Waals surface area contributed by atoms with Crippen LogP contribution in [-0.4, -0.2) is 12.4 Å². The normalized spacial score (nSPS) is 12.6. The molecule has 0 amide bonds. The quantitative estimate of drug-likeness (QED) is 0.692. The van der Waals surface area contributed by atoms with Crippen molar-refractivity contribution in [1.29, 1.82) is 0 Å². The zero-order valence-electron chi connectivity index (χ0n) is 10.4. The number of hydrogen-bond donors (Lipinski definition) is 1. The van der Waals surface area contributed by atoms with Crippen LogP contribution in [0.1, 0.15) is 31.7 Å². The zero-order chi connectivity index (χ0) is 12.5. The molecule has 0 heterocycles. The molecule has 0 radical (unpaired) electrons. The van der Waals surface area contributed by atoms with Gasteiger partial charge in [0.25, 0.3) is 0 Å². The molecule has 1 atom stereocenters. The molecular formula is C14H21BrClN. The maximum atomic E-state index is 5.81. The minimum atomic E-state index is 0.713. The minimum absolute atomic E-state index is 0.713. The topological polar surface area (TPSA) is 12.0 Å². The van der Waals surface area contributed by atoms with Gasteiger partial charge in [0.2, 0.25) is 0 Å². The van der Waals surface area contributed by atoms with Crippen LogP contribution in [0.2, 0.25) is 0 Å². The summed E-state index contributed by atoms with van der Waals surface area (Å²) < 4.78 is 1.14. The van der Waals surface area contributed by atoms with Crippen LogP contribution in [-0.2, 0) is 6.54 Å². The van der Waals surface area contributed by atoms with Gasteiger partial charge in [0.1, 0.15) is 0 Å². The van der Waals surface area contributed by atoms with Crippen LogP contribution in [0.5, 0.6) is 0 Å². The molecule has 1 nitrogen and oxygen atoms in total. The smallest absolute Gasteiger partial charge is 0.0226 e. The molecule has 3 heteroatoms. The van der Waals surface area contributed by atoms with Crippen molar-refractivity contribution in [3.05, 3.63) is 34.3 Å². The lowest BCUT2D eigenvalue weighted by Gasteiger charge is -2.15. The van der Waals surface area contributed by atoms with Crippen LogP contribution in [0.4, 0.5) is 0 Å². The summed E-state index contributed by atoms with van der Waals surface area (Å²) in [5, 5.41) is 3.52. The van der Waals surface area contributed by atoms with E-state index < -0.39 is 0 Å². The molecule has 96 valence electrons. The fourth-order valence-electron chi connectivity index (χ4n) is 1.98. The highest BCUT2D eigenvalue weighted by atomic mass is 79.9. The third kappa shape index (κ3) is 6.44. The number of nitrogens with one attached hydrogen (secondary N) is 1. The van der Waals surface area contributed by atoms with E-state index in [2.05, 4.69) is 52.4 Å². The molecule has 0 fully saturated rings. The Labute approximate surface area is 118 Å². The van der Waals surface area contributed by atoms with E-state index in [0.29, 0.717) is 5.92 Å². The lowest BCUT2D eigenvalue weighted by molar-refractivity contribution is 0.430. The second-order valence-electron chi connectivity index (χ2n) is 4.39. The van der Waals surface area contributed by atoms with E-state index in [1.807, 2.05) is 0 Å². The third-order valence-corrected chi connectivity index (χ3v) is 3.58. The summed E-state index contributed by atoms with van der Waals surface area (Å²) in [6.45, 7) is 4.23. The predicted molar refractivity (Wildman–Crippen MR) is 79.6 cm³/mol. The number of halogens is 2. The van der Waals surface area contributed by atoms with Crippen LogP contribution >= 0.6 is 27.5 Å². The first-order valence-corrected chi connectivity index (χ1v) is 7.60. The molecular weight excluding hydrogens is 298 g/mol. The highest BCUT2D eigenvalue weighted by Crippen LogP contribution is 2.13. The van der Waals surface area contributed by atoms with E-state index in [4.69, 9.17) is 11.6 Å². The molecule has 0 aliphatic rings. The lowest BCUT2D eigenvalue weighted by Crippen LogP contribution is -2.22. The Balaban J connectivity index is 2.30. The summed E-state index contributed by atoms with van der Waals surface area (Å²) >= 11 is 9.30. The van der Waals surface area contributed by atoms with Gasteiger partial charge < -0.3 is 5.32 Å². The standard InChI is InChI=1S/C14H21BrClN/c1-2-4-12(7-8-16)10-17-11-13-5-3-6-14(15)9-13/h3,5-6,9,12,17H,2,4,7-8,10-11H2,1H3. The molecule has 1 unspecified atom stereocenters. The number of hydrogen-bond acceptors (Lipinski definition) is 1. The van der Waals surface area contributed by atoms with Gasteiger partial charge in [-0.1, -0.05) is 41.4 Å². The average Bonchev–Trinajstić information content (AvgIpc) is 2.30. The molecule has 0 saturated heterocycles. The Morgan fingerprint density at radius 3 is 2.82 bits per heavy atom. The van der Waals surface area contributed by atoms with Crippen molar-refractivity contribution in [2.75, 3.05) is 12.4 Å². The van der Waals surface area contributed by atoms with Crippen LogP contribution in [0, 0.1) is 5.92 Å². The number of alkyl halides is 1. The summed E-state index contributed by atoms with van der Waals surface area (Å²) in [5.41, 5.74) is 1.32. The van der Waals surface area contributed by atoms with Crippen LogP contribution in [0.25, 0.3) is 0 Å². The van der Waals surface area contributed by atoms with Crippen LogP contribution in [0.15, 0.2) is 28.7 Å². The summed E-state index contributed by atoms with van der Waals surface area (Å²) in [6.07, 6.45) is 3.61. The van der Waals surface area contributed by atoms with Gasteiger partial charge in [0.15, 0.2) is 0 Å². The van der Waals surface area contributed by atoms with Gasteiger partial charge in [-0.3, -0.25) is 0 Å². The van der Waals surface area contributed by atoms with Crippen molar-refractivity contribution < 1.29 is 0 Å². The molecule has 1 N–H and O–H groups in total. The van der Waals surface area contributed by atoms with Gasteiger partial charge in [0.05, 0.1) is 0 Å². The van der Waals surface area contributed by atoms with Gasteiger partial charge in [0, 0.05) is 16.9 Å². The van der Waals surface area contributed by atoms with E-state index in [9.17, 15) is 0 Å². The first kappa shape index (κ1) is 15.0. The van der Waals surface area contributed by atoms with Gasteiger partial charge in [-0.15, -0.1) is 11.6 Å². The fourth-order valence-corrected chi connectivity index (χ4v) is 2.73. The van der Waals surface area contributed by atoms with E-state index in [-0.39, 0.29) is 0 Å². The number of rotatable bonds is 8. The van der Waals surface area contributed by atoms with Gasteiger partial charge in [-0.2, -0.15) is 0 Å². The van der Waals surface area contributed by atoms with Crippen molar-refractivity contribution in [3.63, 3.8) is 0 Å². The molecule has 0 saturated carbocycles. The van der Waals surface area contributed by atoms with Gasteiger partial charge >= 0.3 is 0 Å². The Morgan fingerprint density at radius 2 is 2.18 bits per heavy atom. The molecule has 0 aliphatic heterocycles. The van der Waals surface area contributed by atoms with Crippen molar-refractivity contribution in [2.45, 2.75) is 32.7 Å². The van der Waals surface area contributed by atoms with E-state index in [1.54, 1.807) is 0 Å². The first-order chi connectivity index (χ1) is 8.26. The second-order valence-corrected chi connectivity index (χ2v) is 5.69. The molecule has 0 aromatic heterocycles. The maximum absolute atomic E-state index is 5.81. The van der Waals surface area contributed by atoms with Crippen molar-refractivity contribution in [3.8, 4) is 0 Å². The average molecular weight is 319 g/mol. The molecule has 1 aromatic rings. The second kappa shape index (κ2) is 8.96. The summed E-state index contributed by atoms with van der Waals surface area (Å²) in [6, 6.07) is 8.43. The largest absolute Gasteiger partial charge is 0.312 e. The van der Waals surface area contributed by atoms with E-state index >= 15 is 0 Å². The minimum Gasteiger partial charge on any atom is -0.312 e. The maximum Gasteiger partial charge on any atom is 0.0226 e. The third-order valence-electron chi connectivity index (χ3n) is 2.87. The summed E-state index contributed by atoms with van der Waals surface area (Å²) in [7, 11) is 0. The molecule has 17 heavy (non-hydrogen) atoms.